The van der Waals surface area contributed by atoms with E-state index >= 15 is 0 Å². The molecule has 0 saturated heterocycles. The Morgan fingerprint density at radius 2 is 1.79 bits per heavy atom. The zero-order valence-corrected chi connectivity index (χ0v) is 16.2. The molecule has 0 aliphatic rings. The Morgan fingerprint density at radius 3 is 2.46 bits per heavy atom. The van der Waals surface area contributed by atoms with Gasteiger partial charge in [-0.05, 0) is 35.4 Å². The zero-order chi connectivity index (χ0) is 20.1. The molecular weight excluding hydrogens is 382 g/mol. The molecule has 0 saturated carbocycles. The minimum absolute atomic E-state index is 0.0782. The lowest BCUT2D eigenvalue weighted by Gasteiger charge is -2.10. The third-order valence-corrected chi connectivity index (χ3v) is 4.39. The summed E-state index contributed by atoms with van der Waals surface area (Å²) in [7, 11) is 3.12. The minimum Gasteiger partial charge on any atom is -0.493 e. The number of methoxy groups -OCH3 is 2. The number of nitrogens with zero attached hydrogens (tertiary/aromatic N) is 3. The van der Waals surface area contributed by atoms with Gasteiger partial charge in [-0.1, -0.05) is 35.0 Å². The summed E-state index contributed by atoms with van der Waals surface area (Å²) in [6, 6.07) is 12.7. The highest BCUT2D eigenvalue weighted by Gasteiger charge is 2.17. The van der Waals surface area contributed by atoms with Gasteiger partial charge in [0.05, 0.1) is 20.8 Å². The van der Waals surface area contributed by atoms with Crippen LogP contribution < -0.4 is 20.5 Å². The maximum Gasteiger partial charge on any atom is 0.275 e. The van der Waals surface area contributed by atoms with Crippen LogP contribution in [0.2, 0.25) is 5.02 Å². The predicted octanol–water partition coefficient (Wildman–Crippen LogP) is 2.51. The van der Waals surface area contributed by atoms with Crippen molar-refractivity contribution in [2.24, 2.45) is 0 Å². The lowest BCUT2D eigenvalue weighted by molar-refractivity contribution is 0.0946. The summed E-state index contributed by atoms with van der Waals surface area (Å²) in [6.07, 6.45) is 0. The van der Waals surface area contributed by atoms with Crippen molar-refractivity contribution in [2.75, 3.05) is 20.0 Å². The van der Waals surface area contributed by atoms with Crippen LogP contribution in [0.1, 0.15) is 21.6 Å². The van der Waals surface area contributed by atoms with E-state index in [9.17, 15) is 4.79 Å². The van der Waals surface area contributed by atoms with E-state index in [1.54, 1.807) is 38.5 Å². The number of hydrogen-bond donors (Lipinski definition) is 2. The Labute approximate surface area is 167 Å². The van der Waals surface area contributed by atoms with Crippen LogP contribution in [-0.4, -0.2) is 35.1 Å². The van der Waals surface area contributed by atoms with E-state index in [0.29, 0.717) is 23.1 Å². The average Bonchev–Trinajstić information content (AvgIpc) is 3.07. The molecule has 0 fully saturated rings. The number of nitrogens with two attached hydrogens (primary N) is 1. The third-order valence-electron chi connectivity index (χ3n) is 4.14. The summed E-state index contributed by atoms with van der Waals surface area (Å²) in [4.78, 5) is 12.4. The average molecular weight is 402 g/mol. The second-order valence-electron chi connectivity index (χ2n) is 5.98. The Bertz CT molecular complexity index is 972. The molecule has 0 atom stereocenters. The second-order valence-corrected chi connectivity index (χ2v) is 6.42. The van der Waals surface area contributed by atoms with Crippen molar-refractivity contribution in [1.82, 2.24) is 20.3 Å². The van der Waals surface area contributed by atoms with Gasteiger partial charge in [0, 0.05) is 11.6 Å². The number of carbonyl (C=O) groups is 1. The Hall–Kier alpha value is -3.26. The van der Waals surface area contributed by atoms with Crippen LogP contribution in [0.25, 0.3) is 0 Å². The molecule has 3 rings (SSSR count). The van der Waals surface area contributed by atoms with E-state index < -0.39 is 5.91 Å². The molecule has 3 aromatic rings. The van der Waals surface area contributed by atoms with Crippen molar-refractivity contribution in [3.8, 4) is 11.5 Å². The fourth-order valence-corrected chi connectivity index (χ4v) is 2.74. The lowest BCUT2D eigenvalue weighted by atomic mass is 10.2. The fraction of sp³-hybridized carbons (Fsp3) is 0.211. The number of benzene rings is 2. The first-order valence-corrected chi connectivity index (χ1v) is 8.82. The first-order valence-electron chi connectivity index (χ1n) is 8.44. The molecule has 28 heavy (non-hydrogen) atoms. The van der Waals surface area contributed by atoms with Crippen LogP contribution in [0, 0.1) is 0 Å². The Kier molecular flexibility index (Phi) is 6.00. The molecule has 0 radical (unpaired) electrons. The second kappa shape index (κ2) is 8.62. The van der Waals surface area contributed by atoms with Gasteiger partial charge >= 0.3 is 0 Å². The highest BCUT2D eigenvalue weighted by molar-refractivity contribution is 6.30. The Balaban J connectivity index is 1.66. The molecule has 0 unspecified atom stereocenters. The standard InChI is InChI=1S/C19H20ClN5O3/c1-27-15-8-5-13(9-16(15)28-2)10-22-19(26)17-18(21)25(24-23-17)11-12-3-6-14(20)7-4-12/h3-9H,10-11,21H2,1-2H3,(H,22,26). The van der Waals surface area contributed by atoms with E-state index in [2.05, 4.69) is 15.6 Å². The number of nitrogens with one attached hydrogen (secondary N) is 1. The van der Waals surface area contributed by atoms with E-state index in [-0.39, 0.29) is 18.1 Å². The Morgan fingerprint density at radius 1 is 1.11 bits per heavy atom. The van der Waals surface area contributed by atoms with Crippen molar-refractivity contribution in [1.29, 1.82) is 0 Å². The van der Waals surface area contributed by atoms with Gasteiger partial charge < -0.3 is 20.5 Å². The van der Waals surface area contributed by atoms with Crippen LogP contribution in [0.4, 0.5) is 5.82 Å². The van der Waals surface area contributed by atoms with Gasteiger partial charge in [-0.15, -0.1) is 5.10 Å². The van der Waals surface area contributed by atoms with Crippen LogP contribution in [0.5, 0.6) is 11.5 Å². The topological polar surface area (TPSA) is 104 Å². The summed E-state index contributed by atoms with van der Waals surface area (Å²) < 4.78 is 11.9. The number of nitrogen functional groups attached to an aromatic ring is 1. The minimum atomic E-state index is -0.408. The van der Waals surface area contributed by atoms with Crippen LogP contribution in [0.15, 0.2) is 42.5 Å². The number of hydrogen-bond acceptors (Lipinski definition) is 6. The first-order chi connectivity index (χ1) is 13.5. The summed E-state index contributed by atoms with van der Waals surface area (Å²) in [5.41, 5.74) is 7.92. The molecule has 1 amide bonds. The quantitative estimate of drug-likeness (QED) is 0.630. The first kappa shape index (κ1) is 19.5. The van der Waals surface area contributed by atoms with Crippen molar-refractivity contribution in [2.45, 2.75) is 13.1 Å². The number of halogens is 1. The lowest BCUT2D eigenvalue weighted by Crippen LogP contribution is -2.24. The molecule has 0 aliphatic heterocycles. The summed E-state index contributed by atoms with van der Waals surface area (Å²) >= 11 is 5.89. The van der Waals surface area contributed by atoms with Gasteiger partial charge in [0.25, 0.3) is 5.91 Å². The van der Waals surface area contributed by atoms with Gasteiger partial charge in [0.2, 0.25) is 0 Å². The fourth-order valence-electron chi connectivity index (χ4n) is 2.62. The molecule has 1 aromatic heterocycles. The molecule has 8 nitrogen and oxygen atoms in total. The van der Waals surface area contributed by atoms with Crippen molar-refractivity contribution in [3.63, 3.8) is 0 Å². The molecular formula is C19H20ClN5O3. The van der Waals surface area contributed by atoms with Crippen molar-refractivity contribution < 1.29 is 14.3 Å². The molecule has 9 heteroatoms. The molecule has 2 aromatic carbocycles. The molecule has 3 N–H and O–H groups in total. The summed E-state index contributed by atoms with van der Waals surface area (Å²) in [6.45, 7) is 0.668. The highest BCUT2D eigenvalue weighted by Crippen LogP contribution is 2.27. The largest absolute Gasteiger partial charge is 0.493 e. The van der Waals surface area contributed by atoms with Crippen LogP contribution >= 0.6 is 11.6 Å². The molecule has 0 spiro atoms. The molecule has 0 aliphatic carbocycles. The number of rotatable bonds is 7. The smallest absolute Gasteiger partial charge is 0.275 e. The van der Waals surface area contributed by atoms with Crippen LogP contribution in [-0.2, 0) is 13.1 Å². The summed E-state index contributed by atoms with van der Waals surface area (Å²) in [5.74, 6) is 0.990. The number of anilines is 1. The zero-order valence-electron chi connectivity index (χ0n) is 15.5. The van der Waals surface area contributed by atoms with Gasteiger partial charge in [0.15, 0.2) is 23.0 Å². The third kappa shape index (κ3) is 4.34. The summed E-state index contributed by atoms with van der Waals surface area (Å²) in [5, 5.41) is 11.3. The monoisotopic (exact) mass is 401 g/mol. The van der Waals surface area contributed by atoms with E-state index in [0.717, 1.165) is 11.1 Å². The van der Waals surface area contributed by atoms with Crippen molar-refractivity contribution >= 4 is 23.3 Å². The number of carbonyl (C=O) groups excluding carboxylic acids is 1. The maximum atomic E-state index is 12.4. The van der Waals surface area contributed by atoms with Gasteiger partial charge in [-0.3, -0.25) is 4.79 Å². The van der Waals surface area contributed by atoms with E-state index in [1.807, 2.05) is 18.2 Å². The molecule has 1 heterocycles. The predicted molar refractivity (Wildman–Crippen MR) is 106 cm³/mol. The number of ether oxygens (including phenoxy) is 2. The highest BCUT2D eigenvalue weighted by atomic mass is 35.5. The van der Waals surface area contributed by atoms with Gasteiger partial charge in [-0.25, -0.2) is 4.68 Å². The normalized spacial score (nSPS) is 10.5. The maximum absolute atomic E-state index is 12.4. The SMILES string of the molecule is COc1ccc(CNC(=O)c2nnn(Cc3ccc(Cl)cc3)c2N)cc1OC. The van der Waals surface area contributed by atoms with Crippen LogP contribution in [0.3, 0.4) is 0 Å². The molecule has 0 bridgehead atoms. The van der Waals surface area contributed by atoms with E-state index in [1.165, 1.54) is 4.68 Å². The van der Waals surface area contributed by atoms with Gasteiger partial charge in [-0.2, -0.15) is 0 Å². The molecule has 146 valence electrons. The van der Waals surface area contributed by atoms with Crippen molar-refractivity contribution in [3.05, 3.63) is 64.3 Å². The van der Waals surface area contributed by atoms with E-state index in [4.69, 9.17) is 26.8 Å². The number of aromatic nitrogens is 3. The number of amides is 1. The van der Waals surface area contributed by atoms with Gasteiger partial charge in [0.1, 0.15) is 0 Å².